The van der Waals surface area contributed by atoms with Gasteiger partial charge in [0.15, 0.2) is 11.8 Å². The number of ether oxygens (including phenoxy) is 2. The predicted molar refractivity (Wildman–Crippen MR) is 131 cm³/mol. The minimum Gasteiger partial charge on any atom is -0.371 e. The Morgan fingerprint density at radius 3 is 2.87 bits per heavy atom. The van der Waals surface area contributed by atoms with E-state index in [1.165, 1.54) is 16.7 Å². The standard InChI is InChI=1S/C22H33N5O3.HI/c1-6-23-22(24-13-20-25-21(26-30-20)17(5)28-7-2)27-10-11-29-19(14-27)18-9-8-15(3)12-16(18)4;/h8-9,12,17,19H,6-7,10-11,13-14H2,1-5H3,(H,23,24);1H. The molecule has 1 aromatic carbocycles. The number of hydrogen-bond donors (Lipinski definition) is 1. The Hall–Kier alpha value is -1.72. The highest BCUT2D eigenvalue weighted by atomic mass is 127. The number of morpholine rings is 1. The molecule has 1 aromatic heterocycles. The number of halogens is 1. The van der Waals surface area contributed by atoms with Gasteiger partial charge < -0.3 is 24.2 Å². The van der Waals surface area contributed by atoms with Crippen LogP contribution >= 0.6 is 24.0 Å². The molecule has 31 heavy (non-hydrogen) atoms. The molecule has 0 radical (unpaired) electrons. The Bertz CT molecular complexity index is 857. The molecule has 0 saturated carbocycles. The third-order valence-corrected chi connectivity index (χ3v) is 5.10. The van der Waals surface area contributed by atoms with Crippen molar-refractivity contribution in [2.24, 2.45) is 4.99 Å². The van der Waals surface area contributed by atoms with Crippen molar-refractivity contribution in [2.75, 3.05) is 32.8 Å². The van der Waals surface area contributed by atoms with Crippen molar-refractivity contribution in [1.29, 1.82) is 0 Å². The highest BCUT2D eigenvalue weighted by Crippen LogP contribution is 2.26. The number of aromatic nitrogens is 2. The Kier molecular flexibility index (Phi) is 10.2. The molecule has 0 aliphatic carbocycles. The van der Waals surface area contributed by atoms with Crippen LogP contribution in [0.25, 0.3) is 0 Å². The Balaban J connectivity index is 0.00000341. The first-order chi connectivity index (χ1) is 14.5. The van der Waals surface area contributed by atoms with Crippen LogP contribution in [-0.4, -0.2) is 53.8 Å². The van der Waals surface area contributed by atoms with Crippen LogP contribution in [0.1, 0.15) is 61.4 Å². The molecule has 9 heteroatoms. The molecule has 0 bridgehead atoms. The van der Waals surface area contributed by atoms with Gasteiger partial charge in [0.2, 0.25) is 5.89 Å². The van der Waals surface area contributed by atoms with Crippen molar-refractivity contribution in [3.8, 4) is 0 Å². The highest BCUT2D eigenvalue weighted by molar-refractivity contribution is 14.0. The van der Waals surface area contributed by atoms with E-state index in [1.807, 2.05) is 13.8 Å². The Morgan fingerprint density at radius 2 is 2.16 bits per heavy atom. The Morgan fingerprint density at radius 1 is 1.35 bits per heavy atom. The fourth-order valence-corrected chi connectivity index (χ4v) is 3.61. The molecule has 8 nitrogen and oxygen atoms in total. The zero-order chi connectivity index (χ0) is 21.5. The number of rotatable bonds is 7. The molecule has 2 atom stereocenters. The quantitative estimate of drug-likeness (QED) is 0.322. The van der Waals surface area contributed by atoms with Crippen molar-refractivity contribution < 1.29 is 14.0 Å². The predicted octanol–water partition coefficient (Wildman–Crippen LogP) is 3.94. The second kappa shape index (κ2) is 12.4. The van der Waals surface area contributed by atoms with Gasteiger partial charge >= 0.3 is 0 Å². The van der Waals surface area contributed by atoms with Gasteiger partial charge in [-0.1, -0.05) is 28.9 Å². The van der Waals surface area contributed by atoms with Crippen molar-refractivity contribution >= 4 is 29.9 Å². The lowest BCUT2D eigenvalue weighted by molar-refractivity contribution is -0.00835. The molecule has 3 rings (SSSR count). The molecule has 2 unspecified atom stereocenters. The van der Waals surface area contributed by atoms with Crippen LogP contribution in [0, 0.1) is 13.8 Å². The first kappa shape index (κ1) is 25.5. The minimum atomic E-state index is -0.192. The van der Waals surface area contributed by atoms with Crippen LogP contribution in [0.15, 0.2) is 27.7 Å². The third-order valence-electron chi connectivity index (χ3n) is 5.10. The van der Waals surface area contributed by atoms with E-state index >= 15 is 0 Å². The van der Waals surface area contributed by atoms with Crippen LogP contribution in [0.2, 0.25) is 0 Å². The molecule has 1 aliphatic rings. The smallest absolute Gasteiger partial charge is 0.248 e. The summed E-state index contributed by atoms with van der Waals surface area (Å²) in [4.78, 5) is 11.4. The molecule has 0 amide bonds. The number of hydrogen-bond acceptors (Lipinski definition) is 6. The van der Waals surface area contributed by atoms with Crippen molar-refractivity contribution in [3.05, 3.63) is 46.6 Å². The van der Waals surface area contributed by atoms with Gasteiger partial charge in [-0.3, -0.25) is 0 Å². The van der Waals surface area contributed by atoms with Gasteiger partial charge in [-0.15, -0.1) is 24.0 Å². The SMILES string of the molecule is CCNC(=NCc1nc(C(C)OCC)no1)N1CCOC(c2ccc(C)cc2C)C1.I. The lowest BCUT2D eigenvalue weighted by Crippen LogP contribution is -2.48. The molecular weight excluding hydrogens is 509 g/mol. The van der Waals surface area contributed by atoms with E-state index in [1.54, 1.807) is 0 Å². The minimum absolute atomic E-state index is 0. The summed E-state index contributed by atoms with van der Waals surface area (Å²) in [6.07, 6.45) is -0.173. The van der Waals surface area contributed by atoms with E-state index in [9.17, 15) is 0 Å². The van der Waals surface area contributed by atoms with E-state index in [0.717, 1.165) is 25.6 Å². The van der Waals surface area contributed by atoms with Crippen molar-refractivity contribution in [2.45, 2.75) is 53.4 Å². The van der Waals surface area contributed by atoms with E-state index in [4.69, 9.17) is 19.0 Å². The number of guanidine groups is 1. The maximum absolute atomic E-state index is 6.08. The summed E-state index contributed by atoms with van der Waals surface area (Å²) < 4.78 is 16.9. The number of benzene rings is 1. The largest absolute Gasteiger partial charge is 0.371 e. The lowest BCUT2D eigenvalue weighted by Gasteiger charge is -2.35. The second-order valence-electron chi connectivity index (χ2n) is 7.48. The van der Waals surface area contributed by atoms with Crippen LogP contribution in [0.4, 0.5) is 0 Å². The van der Waals surface area contributed by atoms with Gasteiger partial charge in [-0.2, -0.15) is 4.98 Å². The fraction of sp³-hybridized carbons (Fsp3) is 0.591. The number of aliphatic imine (C=N–C) groups is 1. The summed E-state index contributed by atoms with van der Waals surface area (Å²) in [5.74, 6) is 1.85. The molecule has 0 spiro atoms. The van der Waals surface area contributed by atoms with E-state index in [0.29, 0.717) is 31.5 Å². The van der Waals surface area contributed by atoms with Gasteiger partial charge in [-0.05, 0) is 45.7 Å². The lowest BCUT2D eigenvalue weighted by atomic mass is 10.00. The maximum atomic E-state index is 6.08. The normalized spacial score (nSPS) is 17.9. The molecule has 2 aromatic rings. The number of aryl methyl sites for hydroxylation is 2. The Labute approximate surface area is 201 Å². The molecule has 2 heterocycles. The van der Waals surface area contributed by atoms with E-state index < -0.39 is 0 Å². The first-order valence-electron chi connectivity index (χ1n) is 10.7. The summed E-state index contributed by atoms with van der Waals surface area (Å²) in [5.41, 5.74) is 3.74. The monoisotopic (exact) mass is 543 g/mol. The summed E-state index contributed by atoms with van der Waals surface area (Å²) in [5, 5.41) is 7.38. The fourth-order valence-electron chi connectivity index (χ4n) is 3.61. The second-order valence-corrected chi connectivity index (χ2v) is 7.48. The van der Waals surface area contributed by atoms with Crippen molar-refractivity contribution in [3.63, 3.8) is 0 Å². The van der Waals surface area contributed by atoms with E-state index in [2.05, 4.69) is 59.3 Å². The number of nitrogens with one attached hydrogen (secondary N) is 1. The van der Waals surface area contributed by atoms with Crippen LogP contribution < -0.4 is 5.32 Å². The molecular formula is C22H34IN5O3. The summed E-state index contributed by atoms with van der Waals surface area (Å²) in [6.45, 7) is 14.0. The van der Waals surface area contributed by atoms with Gasteiger partial charge in [0, 0.05) is 19.7 Å². The summed E-state index contributed by atoms with van der Waals surface area (Å²) in [7, 11) is 0. The summed E-state index contributed by atoms with van der Waals surface area (Å²) in [6, 6.07) is 6.51. The first-order valence-corrected chi connectivity index (χ1v) is 10.7. The maximum Gasteiger partial charge on any atom is 0.248 e. The summed E-state index contributed by atoms with van der Waals surface area (Å²) >= 11 is 0. The van der Waals surface area contributed by atoms with Crippen LogP contribution in [0.5, 0.6) is 0 Å². The molecule has 1 aliphatic heterocycles. The molecule has 172 valence electrons. The van der Waals surface area contributed by atoms with E-state index in [-0.39, 0.29) is 36.2 Å². The van der Waals surface area contributed by atoms with Crippen LogP contribution in [-0.2, 0) is 16.0 Å². The molecule has 1 saturated heterocycles. The average Bonchev–Trinajstić information content (AvgIpc) is 3.20. The van der Waals surface area contributed by atoms with Gasteiger partial charge in [0.1, 0.15) is 18.8 Å². The van der Waals surface area contributed by atoms with Gasteiger partial charge in [0.05, 0.1) is 13.2 Å². The third kappa shape index (κ3) is 6.88. The topological polar surface area (TPSA) is 85.0 Å². The van der Waals surface area contributed by atoms with Gasteiger partial charge in [-0.25, -0.2) is 4.99 Å². The van der Waals surface area contributed by atoms with Gasteiger partial charge in [0.25, 0.3) is 0 Å². The molecule has 1 fully saturated rings. The zero-order valence-electron chi connectivity index (χ0n) is 19.1. The molecule has 1 N–H and O–H groups in total. The number of nitrogens with zero attached hydrogens (tertiary/aromatic N) is 4. The average molecular weight is 543 g/mol. The van der Waals surface area contributed by atoms with Crippen molar-refractivity contribution in [1.82, 2.24) is 20.4 Å². The van der Waals surface area contributed by atoms with Crippen LogP contribution in [0.3, 0.4) is 0 Å². The highest BCUT2D eigenvalue weighted by Gasteiger charge is 2.25. The zero-order valence-corrected chi connectivity index (χ0v) is 21.4.